The molecular formula is C30H47ClN4O2. The summed E-state index contributed by atoms with van der Waals surface area (Å²) in [7, 11) is 4.10. The Morgan fingerprint density at radius 1 is 1.16 bits per heavy atom. The van der Waals surface area contributed by atoms with Crippen molar-refractivity contribution in [3.63, 3.8) is 0 Å². The van der Waals surface area contributed by atoms with E-state index in [9.17, 15) is 5.11 Å². The van der Waals surface area contributed by atoms with Crippen molar-refractivity contribution in [2.75, 3.05) is 20.0 Å². The van der Waals surface area contributed by atoms with Crippen LogP contribution in [0.4, 0.5) is 0 Å². The standard InChI is InChI=1S/C30H47ClN4O2/c1-29(2,13-9-7-8-10-14-31)22-16-26(36)28-24-15-21(18-35-20-23(32-33-35)19-34(5)6)11-12-25(24)30(3,4)37-27(28)17-22/h16-17,20-21,24-25,36H,7-15,18-19H2,1-6H3/t21-,24-,25-/m1/s1. The SMILES string of the molecule is CN(C)Cc1cn(C[C@@H]2CC[C@@H]3[C@@H](C2)c2c(O)cc(C(C)(C)CCCCCCCl)cc2OC3(C)C)nn1. The van der Waals surface area contributed by atoms with Crippen LogP contribution in [0.15, 0.2) is 18.3 Å². The number of alkyl halides is 1. The van der Waals surface area contributed by atoms with Gasteiger partial charge in [-0.25, -0.2) is 0 Å². The zero-order chi connectivity index (χ0) is 26.8. The van der Waals surface area contributed by atoms with Gasteiger partial charge in [-0.05, 0) is 95.0 Å². The van der Waals surface area contributed by atoms with E-state index in [-0.39, 0.29) is 16.9 Å². The Morgan fingerprint density at radius 3 is 2.65 bits per heavy atom. The van der Waals surface area contributed by atoms with Crippen molar-refractivity contribution in [2.24, 2.45) is 11.8 Å². The summed E-state index contributed by atoms with van der Waals surface area (Å²) in [6, 6.07) is 4.24. The maximum Gasteiger partial charge on any atom is 0.127 e. The van der Waals surface area contributed by atoms with Crippen molar-refractivity contribution in [1.29, 1.82) is 0 Å². The number of aromatic nitrogens is 3. The van der Waals surface area contributed by atoms with Gasteiger partial charge in [-0.15, -0.1) is 16.7 Å². The summed E-state index contributed by atoms with van der Waals surface area (Å²) >= 11 is 5.84. The lowest BCUT2D eigenvalue weighted by Gasteiger charge is -2.49. The van der Waals surface area contributed by atoms with E-state index >= 15 is 0 Å². The number of benzene rings is 1. The number of rotatable bonds is 11. The van der Waals surface area contributed by atoms with Gasteiger partial charge in [0.1, 0.15) is 17.1 Å². The average Bonchev–Trinajstić information content (AvgIpc) is 3.23. The second-order valence-electron chi connectivity index (χ2n) is 12.9. The van der Waals surface area contributed by atoms with Crippen molar-refractivity contribution < 1.29 is 9.84 Å². The van der Waals surface area contributed by atoms with Gasteiger partial charge in [-0.2, -0.15) is 0 Å². The Bertz CT molecular complexity index is 1050. The van der Waals surface area contributed by atoms with Crippen LogP contribution in [0.1, 0.15) is 102 Å². The van der Waals surface area contributed by atoms with Crippen molar-refractivity contribution in [3.8, 4) is 11.5 Å². The predicted octanol–water partition coefficient (Wildman–Crippen LogP) is 6.88. The molecule has 1 aromatic carbocycles. The third-order valence-corrected chi connectivity index (χ3v) is 8.96. The number of hydrogen-bond donors (Lipinski definition) is 1. The zero-order valence-corrected chi connectivity index (χ0v) is 24.5. The highest BCUT2D eigenvalue weighted by molar-refractivity contribution is 6.17. The molecule has 1 aromatic heterocycles. The van der Waals surface area contributed by atoms with Gasteiger partial charge in [0, 0.05) is 36.6 Å². The molecular weight excluding hydrogens is 484 g/mol. The molecule has 0 spiro atoms. The molecule has 2 aliphatic rings. The topological polar surface area (TPSA) is 63.4 Å². The van der Waals surface area contributed by atoms with E-state index in [1.807, 2.05) is 24.8 Å². The van der Waals surface area contributed by atoms with Crippen LogP contribution >= 0.6 is 11.6 Å². The van der Waals surface area contributed by atoms with Crippen LogP contribution < -0.4 is 4.74 Å². The fourth-order valence-electron chi connectivity index (χ4n) is 6.64. The van der Waals surface area contributed by atoms with E-state index in [0.717, 1.165) is 68.1 Å². The summed E-state index contributed by atoms with van der Waals surface area (Å²) in [4.78, 5) is 2.11. The first kappa shape index (κ1) is 28.2. The van der Waals surface area contributed by atoms with Gasteiger partial charge in [0.05, 0.1) is 5.69 Å². The molecule has 1 saturated carbocycles. The molecule has 37 heavy (non-hydrogen) atoms. The molecule has 0 bridgehead atoms. The number of phenolic OH excluding ortho intramolecular Hbond substituents is 1. The van der Waals surface area contributed by atoms with Crippen LogP contribution in [0, 0.1) is 11.8 Å². The van der Waals surface area contributed by atoms with E-state index < -0.39 is 0 Å². The number of phenols is 1. The van der Waals surface area contributed by atoms with Crippen LogP contribution in [0.2, 0.25) is 0 Å². The van der Waals surface area contributed by atoms with E-state index in [4.69, 9.17) is 16.3 Å². The minimum Gasteiger partial charge on any atom is -0.508 e. The Morgan fingerprint density at radius 2 is 1.92 bits per heavy atom. The number of nitrogens with zero attached hydrogens (tertiary/aromatic N) is 4. The second-order valence-corrected chi connectivity index (χ2v) is 13.3. The summed E-state index contributed by atoms with van der Waals surface area (Å²) in [5.41, 5.74) is 2.90. The van der Waals surface area contributed by atoms with Crippen molar-refractivity contribution >= 4 is 11.6 Å². The van der Waals surface area contributed by atoms with Crippen molar-refractivity contribution in [1.82, 2.24) is 19.9 Å². The minimum absolute atomic E-state index is 0.0235. The first-order valence-corrected chi connectivity index (χ1v) is 14.7. The number of unbranched alkanes of at least 4 members (excludes halogenated alkanes) is 3. The molecule has 2 aromatic rings. The summed E-state index contributed by atoms with van der Waals surface area (Å²) < 4.78 is 8.66. The highest BCUT2D eigenvalue weighted by atomic mass is 35.5. The molecule has 1 N–H and O–H groups in total. The molecule has 206 valence electrons. The Kier molecular flexibility index (Phi) is 8.79. The molecule has 4 rings (SSSR count). The summed E-state index contributed by atoms with van der Waals surface area (Å²) in [6.45, 7) is 10.7. The minimum atomic E-state index is -0.258. The molecule has 0 unspecified atom stereocenters. The highest BCUT2D eigenvalue weighted by Crippen LogP contribution is 2.56. The average molecular weight is 531 g/mol. The fraction of sp³-hybridized carbons (Fsp3) is 0.733. The Hall–Kier alpha value is -1.79. The smallest absolute Gasteiger partial charge is 0.127 e. The normalized spacial score (nSPS) is 23.0. The highest BCUT2D eigenvalue weighted by Gasteiger charge is 2.48. The third kappa shape index (κ3) is 6.62. The van der Waals surface area contributed by atoms with Crippen LogP contribution in [-0.4, -0.2) is 50.6 Å². The molecule has 3 atom stereocenters. The van der Waals surface area contributed by atoms with Crippen LogP contribution in [0.3, 0.4) is 0 Å². The maximum absolute atomic E-state index is 11.4. The largest absolute Gasteiger partial charge is 0.508 e. The van der Waals surface area contributed by atoms with Gasteiger partial charge in [0.25, 0.3) is 0 Å². The molecule has 6 nitrogen and oxygen atoms in total. The summed E-state index contributed by atoms with van der Waals surface area (Å²) in [5, 5.41) is 20.1. The molecule has 0 radical (unpaired) electrons. The zero-order valence-electron chi connectivity index (χ0n) is 23.8. The lowest BCUT2D eigenvalue weighted by atomic mass is 9.63. The monoisotopic (exact) mass is 530 g/mol. The third-order valence-electron chi connectivity index (χ3n) is 8.69. The second kappa shape index (κ2) is 11.5. The molecule has 0 amide bonds. The molecule has 1 aliphatic heterocycles. The van der Waals surface area contributed by atoms with Gasteiger partial charge in [-0.1, -0.05) is 38.3 Å². The van der Waals surface area contributed by atoms with Gasteiger partial charge in [0.2, 0.25) is 0 Å². The van der Waals surface area contributed by atoms with E-state index in [2.05, 4.69) is 55.2 Å². The van der Waals surface area contributed by atoms with Crippen molar-refractivity contribution in [2.45, 2.75) is 109 Å². The molecule has 1 aliphatic carbocycles. The molecule has 7 heteroatoms. The lowest BCUT2D eigenvalue weighted by molar-refractivity contribution is -0.0178. The number of ether oxygens (including phenoxy) is 1. The number of aromatic hydroxyl groups is 1. The first-order valence-electron chi connectivity index (χ1n) is 14.2. The Labute approximate surface area is 228 Å². The van der Waals surface area contributed by atoms with Crippen LogP contribution in [-0.2, 0) is 18.5 Å². The number of fused-ring (bicyclic) bond motifs is 3. The van der Waals surface area contributed by atoms with Gasteiger partial charge >= 0.3 is 0 Å². The van der Waals surface area contributed by atoms with E-state index in [1.54, 1.807) is 0 Å². The van der Waals surface area contributed by atoms with Gasteiger partial charge in [0.15, 0.2) is 0 Å². The van der Waals surface area contributed by atoms with Gasteiger partial charge in [-0.3, -0.25) is 4.68 Å². The van der Waals surface area contributed by atoms with Crippen LogP contribution in [0.25, 0.3) is 0 Å². The molecule has 0 saturated heterocycles. The van der Waals surface area contributed by atoms with Crippen molar-refractivity contribution in [3.05, 3.63) is 35.2 Å². The fourth-order valence-corrected chi connectivity index (χ4v) is 6.83. The summed E-state index contributed by atoms with van der Waals surface area (Å²) in [5.74, 6) is 3.21. The van der Waals surface area contributed by atoms with E-state index in [1.165, 1.54) is 24.8 Å². The van der Waals surface area contributed by atoms with Crippen LogP contribution in [0.5, 0.6) is 11.5 Å². The predicted molar refractivity (Wildman–Crippen MR) is 151 cm³/mol. The quantitative estimate of drug-likeness (QED) is 0.253. The summed E-state index contributed by atoms with van der Waals surface area (Å²) in [6.07, 6.45) is 11.1. The number of halogens is 1. The Balaban J connectivity index is 1.52. The van der Waals surface area contributed by atoms with Gasteiger partial charge < -0.3 is 14.7 Å². The molecule has 2 heterocycles. The van der Waals surface area contributed by atoms with E-state index in [0.29, 0.717) is 17.6 Å². The molecule has 1 fully saturated rings. The number of hydrogen-bond acceptors (Lipinski definition) is 5. The lowest BCUT2D eigenvalue weighted by Crippen LogP contribution is -2.47. The first-order chi connectivity index (χ1) is 17.5. The maximum atomic E-state index is 11.4.